The number of nitrogens with one attached hydrogen (secondary N) is 1. The van der Waals surface area contributed by atoms with Crippen LogP contribution in [0.5, 0.6) is 11.5 Å². The molecule has 0 aromatic heterocycles. The normalized spacial score (nSPS) is 15.8. The van der Waals surface area contributed by atoms with Gasteiger partial charge < -0.3 is 20.5 Å². The fourth-order valence-corrected chi connectivity index (χ4v) is 3.78. The summed E-state index contributed by atoms with van der Waals surface area (Å²) >= 11 is 0. The SMILES string of the molecule is COc1cc(CCNC(=O)CC2(CN)CCCCC2)c([N+](=O)[O-])cc1OC. The number of nitro groups is 1. The first-order valence-electron chi connectivity index (χ1n) is 9.31. The van der Waals surface area contributed by atoms with Crippen LogP contribution in [0.15, 0.2) is 12.1 Å². The van der Waals surface area contributed by atoms with Gasteiger partial charge >= 0.3 is 0 Å². The monoisotopic (exact) mass is 379 g/mol. The van der Waals surface area contributed by atoms with Gasteiger partial charge in [-0.2, -0.15) is 0 Å². The van der Waals surface area contributed by atoms with Crippen molar-refractivity contribution in [1.82, 2.24) is 5.32 Å². The zero-order chi connectivity index (χ0) is 19.9. The van der Waals surface area contributed by atoms with Crippen LogP contribution >= 0.6 is 0 Å². The quantitative estimate of drug-likeness (QED) is 0.503. The third-order valence-corrected chi connectivity index (χ3v) is 5.38. The van der Waals surface area contributed by atoms with Crippen molar-refractivity contribution in [2.24, 2.45) is 11.1 Å². The maximum absolute atomic E-state index is 12.4. The molecule has 1 aromatic carbocycles. The van der Waals surface area contributed by atoms with Crippen molar-refractivity contribution in [3.05, 3.63) is 27.8 Å². The number of nitro benzene ring substituents is 1. The predicted octanol–water partition coefficient (Wildman–Crippen LogP) is 2.57. The molecular weight excluding hydrogens is 350 g/mol. The van der Waals surface area contributed by atoms with Crippen LogP contribution in [-0.2, 0) is 11.2 Å². The number of hydrogen-bond donors (Lipinski definition) is 2. The Balaban J connectivity index is 1.99. The molecule has 0 radical (unpaired) electrons. The average molecular weight is 379 g/mol. The Hall–Kier alpha value is -2.35. The van der Waals surface area contributed by atoms with E-state index in [4.69, 9.17) is 15.2 Å². The van der Waals surface area contributed by atoms with Crippen LogP contribution < -0.4 is 20.5 Å². The van der Waals surface area contributed by atoms with E-state index in [0.29, 0.717) is 43.0 Å². The van der Waals surface area contributed by atoms with Gasteiger partial charge in [0.2, 0.25) is 5.91 Å². The molecule has 0 unspecified atom stereocenters. The molecule has 8 nitrogen and oxygen atoms in total. The molecule has 0 spiro atoms. The molecule has 1 aliphatic rings. The van der Waals surface area contributed by atoms with E-state index in [0.717, 1.165) is 25.7 Å². The summed E-state index contributed by atoms with van der Waals surface area (Å²) in [5.74, 6) is 0.679. The Labute approximate surface area is 159 Å². The first-order chi connectivity index (χ1) is 12.9. The zero-order valence-corrected chi connectivity index (χ0v) is 16.1. The van der Waals surface area contributed by atoms with Gasteiger partial charge in [-0.1, -0.05) is 19.3 Å². The lowest BCUT2D eigenvalue weighted by molar-refractivity contribution is -0.385. The summed E-state index contributed by atoms with van der Waals surface area (Å²) in [6.45, 7) is 0.831. The van der Waals surface area contributed by atoms with Crippen molar-refractivity contribution in [1.29, 1.82) is 0 Å². The molecule has 0 heterocycles. The number of carbonyl (C=O) groups is 1. The van der Waals surface area contributed by atoms with Crippen molar-refractivity contribution < 1.29 is 19.2 Å². The highest BCUT2D eigenvalue weighted by Crippen LogP contribution is 2.38. The van der Waals surface area contributed by atoms with Gasteiger partial charge in [0.1, 0.15) is 0 Å². The molecule has 8 heteroatoms. The maximum atomic E-state index is 12.4. The molecule has 150 valence electrons. The standard InChI is InChI=1S/C19H29N3O5/c1-26-16-10-14(15(22(24)25)11-17(16)27-2)6-9-21-18(23)12-19(13-20)7-4-3-5-8-19/h10-11H,3-9,12-13,20H2,1-2H3,(H,21,23). The first-order valence-corrected chi connectivity index (χ1v) is 9.31. The minimum absolute atomic E-state index is 0.0485. The van der Waals surface area contributed by atoms with Gasteiger partial charge in [-0.15, -0.1) is 0 Å². The third kappa shape index (κ3) is 5.32. The van der Waals surface area contributed by atoms with E-state index in [1.165, 1.54) is 26.7 Å². The smallest absolute Gasteiger partial charge is 0.276 e. The fraction of sp³-hybridized carbons (Fsp3) is 0.632. The molecule has 27 heavy (non-hydrogen) atoms. The summed E-state index contributed by atoms with van der Waals surface area (Å²) in [5.41, 5.74) is 6.28. The van der Waals surface area contributed by atoms with Crippen molar-refractivity contribution in [2.75, 3.05) is 27.3 Å². The highest BCUT2D eigenvalue weighted by atomic mass is 16.6. The fourth-order valence-electron chi connectivity index (χ4n) is 3.78. The average Bonchev–Trinajstić information content (AvgIpc) is 2.67. The number of nitrogens with two attached hydrogens (primary N) is 1. The van der Waals surface area contributed by atoms with Crippen LogP contribution in [0.2, 0.25) is 0 Å². The molecule has 1 saturated carbocycles. The van der Waals surface area contributed by atoms with Gasteiger partial charge in [0.15, 0.2) is 11.5 Å². The second-order valence-electron chi connectivity index (χ2n) is 7.13. The van der Waals surface area contributed by atoms with Gasteiger partial charge in [0.05, 0.1) is 25.2 Å². The van der Waals surface area contributed by atoms with Gasteiger partial charge in [0, 0.05) is 18.5 Å². The van der Waals surface area contributed by atoms with Crippen molar-refractivity contribution in [3.8, 4) is 11.5 Å². The molecular formula is C19H29N3O5. The lowest BCUT2D eigenvalue weighted by atomic mass is 9.71. The Morgan fingerprint density at radius 2 is 1.85 bits per heavy atom. The van der Waals surface area contributed by atoms with E-state index in [1.54, 1.807) is 6.07 Å². The highest BCUT2D eigenvalue weighted by Gasteiger charge is 2.32. The molecule has 2 rings (SSSR count). The second-order valence-corrected chi connectivity index (χ2v) is 7.13. The van der Waals surface area contributed by atoms with Crippen LogP contribution in [0, 0.1) is 15.5 Å². The predicted molar refractivity (Wildman–Crippen MR) is 102 cm³/mol. The van der Waals surface area contributed by atoms with Crippen molar-refractivity contribution in [2.45, 2.75) is 44.9 Å². The minimum Gasteiger partial charge on any atom is -0.493 e. The second kappa shape index (κ2) is 9.55. The molecule has 0 atom stereocenters. The summed E-state index contributed by atoms with van der Waals surface area (Å²) in [6, 6.07) is 2.94. The number of hydrogen-bond acceptors (Lipinski definition) is 6. The molecule has 0 bridgehead atoms. The Morgan fingerprint density at radius 3 is 2.41 bits per heavy atom. The van der Waals surface area contributed by atoms with Crippen molar-refractivity contribution >= 4 is 11.6 Å². The summed E-state index contributed by atoms with van der Waals surface area (Å²) in [4.78, 5) is 23.2. The van der Waals surface area contributed by atoms with Crippen LogP contribution in [0.4, 0.5) is 5.69 Å². The highest BCUT2D eigenvalue weighted by molar-refractivity contribution is 5.76. The van der Waals surface area contributed by atoms with Crippen LogP contribution in [0.3, 0.4) is 0 Å². The van der Waals surface area contributed by atoms with E-state index in [2.05, 4.69) is 5.32 Å². The zero-order valence-electron chi connectivity index (χ0n) is 16.1. The Bertz CT molecular complexity index is 672. The number of methoxy groups -OCH3 is 2. The van der Waals surface area contributed by atoms with Gasteiger partial charge in [0.25, 0.3) is 5.69 Å². The van der Waals surface area contributed by atoms with E-state index in [-0.39, 0.29) is 17.0 Å². The number of benzene rings is 1. The molecule has 3 N–H and O–H groups in total. The molecule has 1 aromatic rings. The van der Waals surface area contributed by atoms with E-state index in [9.17, 15) is 14.9 Å². The van der Waals surface area contributed by atoms with Gasteiger partial charge in [-0.05, 0) is 37.3 Å². The lowest BCUT2D eigenvalue weighted by Gasteiger charge is -2.35. The number of ether oxygens (including phenoxy) is 2. The summed E-state index contributed by atoms with van der Waals surface area (Å²) in [7, 11) is 2.91. The molecule has 0 saturated heterocycles. The minimum atomic E-state index is -0.454. The number of carbonyl (C=O) groups excluding carboxylic acids is 1. The summed E-state index contributed by atoms with van der Waals surface area (Å²) < 4.78 is 10.3. The van der Waals surface area contributed by atoms with E-state index in [1.807, 2.05) is 0 Å². The van der Waals surface area contributed by atoms with Crippen LogP contribution in [0.25, 0.3) is 0 Å². The van der Waals surface area contributed by atoms with Crippen LogP contribution in [-0.4, -0.2) is 38.1 Å². The first kappa shape index (κ1) is 21.0. The summed E-state index contributed by atoms with van der Waals surface area (Å²) in [6.07, 6.45) is 6.14. The Morgan fingerprint density at radius 1 is 1.22 bits per heavy atom. The maximum Gasteiger partial charge on any atom is 0.276 e. The molecule has 0 aliphatic heterocycles. The van der Waals surface area contributed by atoms with Gasteiger partial charge in [-0.3, -0.25) is 14.9 Å². The third-order valence-electron chi connectivity index (χ3n) is 5.38. The molecule has 1 aliphatic carbocycles. The molecule has 1 amide bonds. The summed E-state index contributed by atoms with van der Waals surface area (Å²) in [5, 5.41) is 14.2. The van der Waals surface area contributed by atoms with Crippen LogP contribution in [0.1, 0.15) is 44.1 Å². The topological polar surface area (TPSA) is 117 Å². The largest absolute Gasteiger partial charge is 0.493 e. The van der Waals surface area contributed by atoms with Crippen molar-refractivity contribution in [3.63, 3.8) is 0 Å². The van der Waals surface area contributed by atoms with E-state index < -0.39 is 4.92 Å². The number of amides is 1. The lowest BCUT2D eigenvalue weighted by Crippen LogP contribution is -2.39. The Kier molecular flexibility index (Phi) is 7.41. The van der Waals surface area contributed by atoms with Gasteiger partial charge in [-0.25, -0.2) is 0 Å². The number of nitrogens with zero attached hydrogens (tertiary/aromatic N) is 1. The number of rotatable bonds is 9. The molecule has 1 fully saturated rings. The van der Waals surface area contributed by atoms with E-state index >= 15 is 0 Å².